The van der Waals surface area contributed by atoms with Gasteiger partial charge < -0.3 is 4.98 Å². The van der Waals surface area contributed by atoms with Crippen LogP contribution in [0.1, 0.15) is 0 Å². The predicted octanol–water partition coefficient (Wildman–Crippen LogP) is 2.59. The molecule has 0 saturated heterocycles. The van der Waals surface area contributed by atoms with Crippen molar-refractivity contribution in [1.29, 1.82) is 0 Å². The monoisotopic (exact) mass is 222 g/mol. The molecule has 0 radical (unpaired) electrons. The largest absolute Gasteiger partial charge is 0.346 e. The fraction of sp³-hybridized carbons (Fsp3) is 0. The number of hydrogen-bond donors (Lipinski definition) is 1. The first kappa shape index (κ1) is 9.78. The fourth-order valence-corrected chi connectivity index (χ4v) is 1.96. The quantitative estimate of drug-likeness (QED) is 0.687. The molecule has 17 heavy (non-hydrogen) atoms. The van der Waals surface area contributed by atoms with Crippen molar-refractivity contribution in [3.05, 3.63) is 65.1 Å². The summed E-state index contributed by atoms with van der Waals surface area (Å²) in [6.07, 6.45) is 3.33. The van der Waals surface area contributed by atoms with Crippen molar-refractivity contribution in [2.75, 3.05) is 0 Å². The second-order valence-electron chi connectivity index (χ2n) is 3.79. The van der Waals surface area contributed by atoms with Crippen molar-refractivity contribution in [2.45, 2.75) is 0 Å². The molecule has 3 nitrogen and oxygen atoms in total. The van der Waals surface area contributed by atoms with Crippen molar-refractivity contribution in [1.82, 2.24) is 9.97 Å². The molecule has 0 spiro atoms. The van der Waals surface area contributed by atoms with Gasteiger partial charge in [-0.2, -0.15) is 0 Å². The molecule has 0 amide bonds. The summed E-state index contributed by atoms with van der Waals surface area (Å²) in [5, 5.41) is 0.640. The number of H-pyrrole nitrogens is 1. The van der Waals surface area contributed by atoms with E-state index >= 15 is 0 Å². The maximum Gasteiger partial charge on any atom is 0.191 e. The number of nitrogens with zero attached hydrogens (tertiary/aromatic N) is 1. The first-order valence-corrected chi connectivity index (χ1v) is 5.38. The third kappa shape index (κ3) is 1.61. The van der Waals surface area contributed by atoms with Gasteiger partial charge in [-0.05, 0) is 17.2 Å². The molecule has 82 valence electrons. The number of fused-ring (bicyclic) bond motifs is 1. The summed E-state index contributed by atoms with van der Waals surface area (Å²) in [6.45, 7) is 0. The molecule has 0 saturated carbocycles. The molecule has 0 unspecified atom stereocenters. The van der Waals surface area contributed by atoms with E-state index in [0.29, 0.717) is 11.0 Å². The number of rotatable bonds is 1. The maximum atomic E-state index is 11.9. The average Bonchev–Trinajstić information content (AvgIpc) is 2.39. The molecule has 3 heteroatoms. The summed E-state index contributed by atoms with van der Waals surface area (Å²) in [5.74, 6) is 0. The van der Waals surface area contributed by atoms with Crippen LogP contribution in [0.3, 0.4) is 0 Å². The summed E-state index contributed by atoms with van der Waals surface area (Å²) >= 11 is 0. The van der Waals surface area contributed by atoms with Gasteiger partial charge in [0.05, 0.1) is 5.39 Å². The first-order chi connectivity index (χ1) is 8.36. The van der Waals surface area contributed by atoms with Crippen molar-refractivity contribution < 1.29 is 0 Å². The lowest BCUT2D eigenvalue weighted by molar-refractivity contribution is 1.28. The molecule has 2 heterocycles. The smallest absolute Gasteiger partial charge is 0.191 e. The molecule has 0 aliphatic rings. The van der Waals surface area contributed by atoms with Crippen molar-refractivity contribution in [3.63, 3.8) is 0 Å². The minimum absolute atomic E-state index is 0.00861. The molecular formula is C14H10N2O. The normalized spacial score (nSPS) is 10.6. The van der Waals surface area contributed by atoms with Gasteiger partial charge in [-0.1, -0.05) is 30.3 Å². The molecular weight excluding hydrogens is 212 g/mol. The summed E-state index contributed by atoms with van der Waals surface area (Å²) in [6, 6.07) is 13.2. The van der Waals surface area contributed by atoms with Crippen LogP contribution in [0.5, 0.6) is 0 Å². The van der Waals surface area contributed by atoms with Gasteiger partial charge in [0.2, 0.25) is 0 Å². The van der Waals surface area contributed by atoms with Crippen molar-refractivity contribution >= 4 is 11.0 Å². The third-order valence-electron chi connectivity index (χ3n) is 2.74. The Bertz CT molecular complexity index is 712. The van der Waals surface area contributed by atoms with Crippen LogP contribution in [0.4, 0.5) is 0 Å². The summed E-state index contributed by atoms with van der Waals surface area (Å²) in [4.78, 5) is 19.1. The Labute approximate surface area is 97.8 Å². The zero-order chi connectivity index (χ0) is 11.7. The highest BCUT2D eigenvalue weighted by Crippen LogP contribution is 2.23. The van der Waals surface area contributed by atoms with Crippen LogP contribution in [0.15, 0.2) is 59.7 Å². The molecule has 1 N–H and O–H groups in total. The van der Waals surface area contributed by atoms with E-state index in [2.05, 4.69) is 9.97 Å². The second kappa shape index (κ2) is 3.87. The lowest BCUT2D eigenvalue weighted by Crippen LogP contribution is -2.03. The SMILES string of the molecule is O=c1cc[nH]c2nccc(-c3ccccc3)c12. The Morgan fingerprint density at radius 3 is 2.65 bits per heavy atom. The average molecular weight is 222 g/mol. The third-order valence-corrected chi connectivity index (χ3v) is 2.74. The van der Waals surface area contributed by atoms with Crippen LogP contribution < -0.4 is 5.43 Å². The molecule has 0 fully saturated rings. The summed E-state index contributed by atoms with van der Waals surface area (Å²) in [5.41, 5.74) is 2.55. The summed E-state index contributed by atoms with van der Waals surface area (Å²) < 4.78 is 0. The fourth-order valence-electron chi connectivity index (χ4n) is 1.96. The van der Waals surface area contributed by atoms with E-state index in [0.717, 1.165) is 11.1 Å². The van der Waals surface area contributed by atoms with Gasteiger partial charge in [0, 0.05) is 18.5 Å². The van der Waals surface area contributed by atoms with Crippen molar-refractivity contribution in [2.24, 2.45) is 0 Å². The van der Waals surface area contributed by atoms with Crippen LogP contribution >= 0.6 is 0 Å². The highest BCUT2D eigenvalue weighted by Gasteiger charge is 2.06. The molecule has 0 aliphatic carbocycles. The van der Waals surface area contributed by atoms with Gasteiger partial charge in [-0.15, -0.1) is 0 Å². The van der Waals surface area contributed by atoms with Crippen molar-refractivity contribution in [3.8, 4) is 11.1 Å². The van der Waals surface area contributed by atoms with E-state index in [-0.39, 0.29) is 5.43 Å². The highest BCUT2D eigenvalue weighted by molar-refractivity contribution is 5.91. The highest BCUT2D eigenvalue weighted by atomic mass is 16.1. The van der Waals surface area contributed by atoms with Gasteiger partial charge in [0.25, 0.3) is 0 Å². The number of pyridine rings is 2. The van der Waals surface area contributed by atoms with E-state index < -0.39 is 0 Å². The van der Waals surface area contributed by atoms with E-state index in [1.165, 1.54) is 6.07 Å². The molecule has 3 rings (SSSR count). The first-order valence-electron chi connectivity index (χ1n) is 5.38. The summed E-state index contributed by atoms with van der Waals surface area (Å²) in [7, 11) is 0. The number of benzene rings is 1. The number of nitrogens with one attached hydrogen (secondary N) is 1. The number of hydrogen-bond acceptors (Lipinski definition) is 2. The molecule has 3 aromatic rings. The molecule has 0 bridgehead atoms. The zero-order valence-corrected chi connectivity index (χ0v) is 9.05. The Morgan fingerprint density at radius 2 is 1.82 bits per heavy atom. The van der Waals surface area contributed by atoms with E-state index in [9.17, 15) is 4.79 Å². The lowest BCUT2D eigenvalue weighted by Gasteiger charge is -2.04. The van der Waals surface area contributed by atoms with Gasteiger partial charge >= 0.3 is 0 Å². The standard InChI is InChI=1S/C14H10N2O/c17-12-7-9-16-14-13(12)11(6-8-15-14)10-4-2-1-3-5-10/h1-9H,(H,15,16,17). The van der Waals surface area contributed by atoms with E-state index in [1.807, 2.05) is 36.4 Å². The topological polar surface area (TPSA) is 45.8 Å². The van der Waals surface area contributed by atoms with Gasteiger partial charge in [0.1, 0.15) is 5.65 Å². The Balaban J connectivity index is 2.42. The maximum absolute atomic E-state index is 11.9. The Kier molecular flexibility index (Phi) is 2.22. The Morgan fingerprint density at radius 1 is 1.00 bits per heavy atom. The van der Waals surface area contributed by atoms with Gasteiger partial charge in [-0.3, -0.25) is 4.79 Å². The second-order valence-corrected chi connectivity index (χ2v) is 3.79. The van der Waals surface area contributed by atoms with Crippen LogP contribution in [-0.4, -0.2) is 9.97 Å². The van der Waals surface area contributed by atoms with Crippen LogP contribution in [-0.2, 0) is 0 Å². The minimum atomic E-state index is -0.00861. The van der Waals surface area contributed by atoms with Gasteiger partial charge in [0.15, 0.2) is 5.43 Å². The predicted molar refractivity (Wildman–Crippen MR) is 67.8 cm³/mol. The van der Waals surface area contributed by atoms with Gasteiger partial charge in [-0.25, -0.2) is 4.98 Å². The van der Waals surface area contributed by atoms with Crippen LogP contribution in [0.25, 0.3) is 22.2 Å². The molecule has 0 atom stereocenters. The molecule has 0 aliphatic heterocycles. The number of aromatic nitrogens is 2. The molecule has 2 aromatic heterocycles. The van der Waals surface area contributed by atoms with E-state index in [1.54, 1.807) is 12.4 Å². The van der Waals surface area contributed by atoms with Crippen LogP contribution in [0, 0.1) is 0 Å². The minimum Gasteiger partial charge on any atom is -0.346 e. The Hall–Kier alpha value is -2.42. The number of aromatic amines is 1. The zero-order valence-electron chi connectivity index (χ0n) is 9.05. The lowest BCUT2D eigenvalue weighted by atomic mass is 10.0. The van der Waals surface area contributed by atoms with E-state index in [4.69, 9.17) is 0 Å². The van der Waals surface area contributed by atoms with Crippen LogP contribution in [0.2, 0.25) is 0 Å². The molecule has 1 aromatic carbocycles.